The minimum absolute atomic E-state index is 0.0280. The molecule has 0 aromatic heterocycles. The van der Waals surface area contributed by atoms with Gasteiger partial charge in [-0.25, -0.2) is 8.78 Å². The average molecular weight is 457 g/mol. The van der Waals surface area contributed by atoms with Crippen molar-refractivity contribution in [2.75, 3.05) is 37.7 Å². The standard InChI is InChI=1S/C26H30F2N2O3/c1-2-33-26(32)14-18-11-13-29(16-18)17-25(31)30-12-3-4-22(19-5-7-20(27)8-6-19)23-10-9-21(28)15-24(23)30/h5-10,15,18,22H,2-4,11-14,16-17H2,1H3. The van der Waals surface area contributed by atoms with Crippen molar-refractivity contribution in [3.05, 3.63) is 65.2 Å². The summed E-state index contributed by atoms with van der Waals surface area (Å²) in [7, 11) is 0. The number of ether oxygens (including phenoxy) is 1. The molecular weight excluding hydrogens is 426 g/mol. The molecule has 2 aromatic rings. The smallest absolute Gasteiger partial charge is 0.306 e. The highest BCUT2D eigenvalue weighted by Gasteiger charge is 2.31. The van der Waals surface area contributed by atoms with Crippen LogP contribution >= 0.6 is 0 Å². The van der Waals surface area contributed by atoms with E-state index in [1.54, 1.807) is 30.0 Å². The molecule has 0 spiro atoms. The maximum absolute atomic E-state index is 14.2. The number of carbonyl (C=O) groups excluding carboxylic acids is 2. The molecule has 5 nitrogen and oxygen atoms in total. The summed E-state index contributed by atoms with van der Waals surface area (Å²) in [6.45, 7) is 4.33. The van der Waals surface area contributed by atoms with Crippen LogP contribution < -0.4 is 4.90 Å². The number of hydrogen-bond acceptors (Lipinski definition) is 4. The third kappa shape index (κ3) is 5.58. The second kappa shape index (κ2) is 10.4. The Bertz CT molecular complexity index is 996. The third-order valence-corrected chi connectivity index (χ3v) is 6.60. The summed E-state index contributed by atoms with van der Waals surface area (Å²) in [6, 6.07) is 11.0. The lowest BCUT2D eigenvalue weighted by Gasteiger charge is -2.26. The maximum atomic E-state index is 14.2. The minimum atomic E-state index is -0.387. The van der Waals surface area contributed by atoms with Crippen LogP contribution in [-0.4, -0.2) is 49.6 Å². The fraction of sp³-hybridized carbons (Fsp3) is 0.462. The number of anilines is 1. The summed E-state index contributed by atoms with van der Waals surface area (Å²) in [5, 5.41) is 0. The van der Waals surface area contributed by atoms with Crippen LogP contribution in [0.3, 0.4) is 0 Å². The molecule has 1 saturated heterocycles. The number of carbonyl (C=O) groups is 2. The Morgan fingerprint density at radius 2 is 1.79 bits per heavy atom. The van der Waals surface area contributed by atoms with E-state index < -0.39 is 0 Å². The van der Waals surface area contributed by atoms with Gasteiger partial charge >= 0.3 is 5.97 Å². The molecule has 7 heteroatoms. The van der Waals surface area contributed by atoms with E-state index in [9.17, 15) is 18.4 Å². The van der Waals surface area contributed by atoms with Gasteiger partial charge in [0.2, 0.25) is 5.91 Å². The number of nitrogens with zero attached hydrogens (tertiary/aromatic N) is 2. The summed E-state index contributed by atoms with van der Waals surface area (Å²) in [6.07, 6.45) is 2.77. The first-order valence-electron chi connectivity index (χ1n) is 11.7. The molecule has 0 saturated carbocycles. The molecule has 4 rings (SSSR count). The van der Waals surface area contributed by atoms with Gasteiger partial charge in [-0.15, -0.1) is 0 Å². The third-order valence-electron chi connectivity index (χ3n) is 6.60. The van der Waals surface area contributed by atoms with Gasteiger partial charge in [0.05, 0.1) is 18.8 Å². The maximum Gasteiger partial charge on any atom is 0.306 e. The van der Waals surface area contributed by atoms with Crippen LogP contribution in [0.25, 0.3) is 0 Å². The van der Waals surface area contributed by atoms with Crippen LogP contribution in [0.5, 0.6) is 0 Å². The zero-order valence-electron chi connectivity index (χ0n) is 18.9. The SMILES string of the molecule is CCOC(=O)CC1CCN(CC(=O)N2CCCC(c3ccc(F)cc3)c3ccc(F)cc32)C1. The zero-order valence-corrected chi connectivity index (χ0v) is 18.9. The van der Waals surface area contributed by atoms with Crippen LogP contribution in [0.4, 0.5) is 14.5 Å². The van der Waals surface area contributed by atoms with Crippen molar-refractivity contribution in [1.82, 2.24) is 4.90 Å². The molecule has 2 aromatic carbocycles. The van der Waals surface area contributed by atoms with Crippen molar-refractivity contribution >= 4 is 17.6 Å². The number of esters is 1. The van der Waals surface area contributed by atoms with Gasteiger partial charge in [0.25, 0.3) is 0 Å². The molecular formula is C26H30F2N2O3. The van der Waals surface area contributed by atoms with Crippen molar-refractivity contribution in [3.8, 4) is 0 Å². The number of amides is 1. The number of likely N-dealkylation sites (tertiary alicyclic amines) is 1. The summed E-state index contributed by atoms with van der Waals surface area (Å²) >= 11 is 0. The fourth-order valence-corrected chi connectivity index (χ4v) is 5.03. The lowest BCUT2D eigenvalue weighted by atomic mass is 9.87. The average Bonchev–Trinajstić information content (AvgIpc) is 3.12. The Kier molecular flexibility index (Phi) is 7.38. The van der Waals surface area contributed by atoms with Gasteiger partial charge in [-0.05, 0) is 74.0 Å². The molecule has 2 aliphatic heterocycles. The molecule has 1 amide bonds. The number of halogens is 2. The number of benzene rings is 2. The van der Waals surface area contributed by atoms with Crippen molar-refractivity contribution in [2.24, 2.45) is 5.92 Å². The van der Waals surface area contributed by atoms with Crippen LogP contribution in [0.2, 0.25) is 0 Å². The van der Waals surface area contributed by atoms with Gasteiger partial charge in [0.15, 0.2) is 0 Å². The normalized spacial score (nSPS) is 20.9. The first-order valence-corrected chi connectivity index (χ1v) is 11.7. The molecule has 2 heterocycles. The van der Waals surface area contributed by atoms with Gasteiger partial charge in [-0.3, -0.25) is 14.5 Å². The molecule has 0 radical (unpaired) electrons. The monoisotopic (exact) mass is 456 g/mol. The molecule has 0 bridgehead atoms. The summed E-state index contributed by atoms with van der Waals surface area (Å²) < 4.78 is 32.7. The van der Waals surface area contributed by atoms with E-state index in [-0.39, 0.29) is 41.9 Å². The molecule has 1 fully saturated rings. The van der Waals surface area contributed by atoms with Crippen LogP contribution in [0.1, 0.15) is 49.7 Å². The van der Waals surface area contributed by atoms with E-state index in [1.807, 2.05) is 0 Å². The Morgan fingerprint density at radius 3 is 2.55 bits per heavy atom. The Labute approximate surface area is 193 Å². The highest BCUT2D eigenvalue weighted by Crippen LogP contribution is 2.39. The first kappa shape index (κ1) is 23.4. The van der Waals surface area contributed by atoms with Gasteiger partial charge in [0, 0.05) is 25.4 Å². The van der Waals surface area contributed by atoms with Gasteiger partial charge in [-0.2, -0.15) is 0 Å². The molecule has 0 N–H and O–H groups in total. The summed E-state index contributed by atoms with van der Waals surface area (Å²) in [5.74, 6) is -0.788. The number of rotatable bonds is 6. The lowest BCUT2D eigenvalue weighted by Crippen LogP contribution is -2.40. The molecule has 176 valence electrons. The molecule has 33 heavy (non-hydrogen) atoms. The van der Waals surface area contributed by atoms with E-state index >= 15 is 0 Å². The molecule has 0 aliphatic carbocycles. The van der Waals surface area contributed by atoms with E-state index in [0.29, 0.717) is 31.8 Å². The topological polar surface area (TPSA) is 49.9 Å². The number of hydrogen-bond donors (Lipinski definition) is 0. The Balaban J connectivity index is 1.50. The van der Waals surface area contributed by atoms with Crippen molar-refractivity contribution in [2.45, 2.75) is 38.5 Å². The largest absolute Gasteiger partial charge is 0.466 e. The van der Waals surface area contributed by atoms with Gasteiger partial charge < -0.3 is 9.64 Å². The Morgan fingerprint density at radius 1 is 1.03 bits per heavy atom. The predicted octanol–water partition coefficient (Wildman–Crippen LogP) is 4.50. The quantitative estimate of drug-likeness (QED) is 0.601. The van der Waals surface area contributed by atoms with Crippen molar-refractivity contribution < 1.29 is 23.1 Å². The molecule has 2 unspecified atom stereocenters. The predicted molar refractivity (Wildman–Crippen MR) is 122 cm³/mol. The van der Waals surface area contributed by atoms with E-state index in [0.717, 1.165) is 36.9 Å². The van der Waals surface area contributed by atoms with Gasteiger partial charge in [-0.1, -0.05) is 18.2 Å². The number of fused-ring (bicyclic) bond motifs is 1. The Hall–Kier alpha value is -2.80. The summed E-state index contributed by atoms with van der Waals surface area (Å²) in [5.41, 5.74) is 2.43. The summed E-state index contributed by atoms with van der Waals surface area (Å²) in [4.78, 5) is 28.9. The van der Waals surface area contributed by atoms with Gasteiger partial charge in [0.1, 0.15) is 11.6 Å². The molecule has 2 aliphatic rings. The van der Waals surface area contributed by atoms with E-state index in [2.05, 4.69) is 4.90 Å². The second-order valence-electron chi connectivity index (χ2n) is 8.89. The van der Waals surface area contributed by atoms with Crippen molar-refractivity contribution in [3.63, 3.8) is 0 Å². The van der Waals surface area contributed by atoms with Crippen LogP contribution in [0, 0.1) is 17.6 Å². The van der Waals surface area contributed by atoms with Crippen LogP contribution in [-0.2, 0) is 14.3 Å². The zero-order chi connectivity index (χ0) is 23.4. The highest BCUT2D eigenvalue weighted by atomic mass is 19.1. The second-order valence-corrected chi connectivity index (χ2v) is 8.89. The molecule has 2 atom stereocenters. The van der Waals surface area contributed by atoms with E-state index in [1.165, 1.54) is 24.3 Å². The van der Waals surface area contributed by atoms with Crippen molar-refractivity contribution in [1.29, 1.82) is 0 Å². The minimum Gasteiger partial charge on any atom is -0.466 e. The van der Waals surface area contributed by atoms with E-state index in [4.69, 9.17) is 4.74 Å². The highest BCUT2D eigenvalue weighted by molar-refractivity contribution is 5.96. The fourth-order valence-electron chi connectivity index (χ4n) is 5.03. The lowest BCUT2D eigenvalue weighted by molar-refractivity contribution is -0.144. The van der Waals surface area contributed by atoms with Crippen LogP contribution in [0.15, 0.2) is 42.5 Å². The first-order chi connectivity index (χ1) is 15.9.